The van der Waals surface area contributed by atoms with E-state index in [0.717, 1.165) is 24.2 Å². The molecule has 0 saturated carbocycles. The van der Waals surface area contributed by atoms with Crippen molar-refractivity contribution < 1.29 is 0 Å². The van der Waals surface area contributed by atoms with Crippen LogP contribution in [0.2, 0.25) is 0 Å². The molecule has 2 nitrogen and oxygen atoms in total. The Labute approximate surface area is 97.5 Å². The number of nitrogens with zero attached hydrogens (tertiary/aromatic N) is 2. The molecule has 1 aliphatic rings. The lowest BCUT2D eigenvalue weighted by molar-refractivity contribution is 0.860. The second-order valence-electron chi connectivity index (χ2n) is 4.73. The Morgan fingerprint density at radius 3 is 2.50 bits per heavy atom. The first-order chi connectivity index (χ1) is 7.72. The van der Waals surface area contributed by atoms with Gasteiger partial charge in [0, 0.05) is 18.8 Å². The van der Waals surface area contributed by atoms with E-state index in [-0.39, 0.29) is 0 Å². The topological polar surface area (TPSA) is 27.0 Å². The van der Waals surface area contributed by atoms with E-state index in [2.05, 4.69) is 36.9 Å². The Morgan fingerprint density at radius 1 is 1.25 bits per heavy atom. The zero-order valence-corrected chi connectivity index (χ0v) is 10.0. The van der Waals surface area contributed by atoms with Gasteiger partial charge in [0.05, 0.1) is 11.6 Å². The van der Waals surface area contributed by atoms with Crippen molar-refractivity contribution in [1.82, 2.24) is 0 Å². The van der Waals surface area contributed by atoms with E-state index in [0.29, 0.717) is 5.92 Å². The Kier molecular flexibility index (Phi) is 3.14. The molecule has 1 heterocycles. The number of benzene rings is 1. The minimum absolute atomic E-state index is 0.419. The van der Waals surface area contributed by atoms with Crippen LogP contribution in [-0.4, -0.2) is 13.1 Å². The van der Waals surface area contributed by atoms with Gasteiger partial charge in [-0.2, -0.15) is 5.26 Å². The molecule has 0 bridgehead atoms. The zero-order valence-electron chi connectivity index (χ0n) is 10.0. The summed E-state index contributed by atoms with van der Waals surface area (Å²) in [7, 11) is 0. The van der Waals surface area contributed by atoms with Crippen molar-refractivity contribution in [2.45, 2.75) is 32.6 Å². The molecule has 0 aliphatic carbocycles. The minimum atomic E-state index is 0.419. The molecule has 1 aromatic rings. The van der Waals surface area contributed by atoms with E-state index in [1.807, 2.05) is 6.07 Å². The summed E-state index contributed by atoms with van der Waals surface area (Å²) in [6.45, 7) is 6.52. The van der Waals surface area contributed by atoms with Crippen molar-refractivity contribution in [3.05, 3.63) is 29.3 Å². The van der Waals surface area contributed by atoms with Gasteiger partial charge >= 0.3 is 0 Å². The molecule has 0 radical (unpaired) electrons. The molecule has 16 heavy (non-hydrogen) atoms. The summed E-state index contributed by atoms with van der Waals surface area (Å²) in [6.07, 6.45) is 2.54. The second-order valence-corrected chi connectivity index (χ2v) is 4.73. The van der Waals surface area contributed by atoms with Gasteiger partial charge in [-0.3, -0.25) is 0 Å². The molecule has 2 heteroatoms. The fourth-order valence-electron chi connectivity index (χ4n) is 2.32. The fourth-order valence-corrected chi connectivity index (χ4v) is 2.32. The van der Waals surface area contributed by atoms with Crippen LogP contribution < -0.4 is 4.90 Å². The highest BCUT2D eigenvalue weighted by atomic mass is 15.1. The predicted molar refractivity (Wildman–Crippen MR) is 66.7 cm³/mol. The molecular formula is C14H18N2. The van der Waals surface area contributed by atoms with Gasteiger partial charge in [0.2, 0.25) is 0 Å². The van der Waals surface area contributed by atoms with Crippen LogP contribution in [0.4, 0.5) is 5.69 Å². The standard InChI is InChI=1S/C14H18N2/c1-11(2)14-6-5-13(9-12(14)10-15)16-7-3-4-8-16/h5-6,9,11H,3-4,7-8H2,1-2H3. The van der Waals surface area contributed by atoms with Crippen molar-refractivity contribution in [2.24, 2.45) is 0 Å². The van der Waals surface area contributed by atoms with E-state index in [1.54, 1.807) is 0 Å². The first-order valence-corrected chi connectivity index (χ1v) is 6.01. The Bertz CT molecular complexity index is 409. The number of nitriles is 1. The van der Waals surface area contributed by atoms with Gasteiger partial charge < -0.3 is 4.90 Å². The molecule has 0 atom stereocenters. The van der Waals surface area contributed by atoms with E-state index < -0.39 is 0 Å². The van der Waals surface area contributed by atoms with E-state index in [1.165, 1.54) is 18.5 Å². The molecule has 0 N–H and O–H groups in total. The molecule has 0 unspecified atom stereocenters. The van der Waals surface area contributed by atoms with E-state index in [4.69, 9.17) is 5.26 Å². The molecular weight excluding hydrogens is 196 g/mol. The third-order valence-corrected chi connectivity index (χ3v) is 3.25. The van der Waals surface area contributed by atoms with Gasteiger partial charge in [0.25, 0.3) is 0 Å². The van der Waals surface area contributed by atoms with Crippen molar-refractivity contribution >= 4 is 5.69 Å². The van der Waals surface area contributed by atoms with Crippen molar-refractivity contribution in [1.29, 1.82) is 5.26 Å². The quantitative estimate of drug-likeness (QED) is 0.755. The van der Waals surface area contributed by atoms with Crippen LogP contribution in [0.15, 0.2) is 18.2 Å². The molecule has 0 amide bonds. The predicted octanol–water partition coefficient (Wildman–Crippen LogP) is 3.28. The monoisotopic (exact) mass is 214 g/mol. The van der Waals surface area contributed by atoms with Crippen LogP contribution in [-0.2, 0) is 0 Å². The average Bonchev–Trinajstić information content (AvgIpc) is 2.81. The molecule has 1 saturated heterocycles. The summed E-state index contributed by atoms with van der Waals surface area (Å²) in [5.41, 5.74) is 3.20. The van der Waals surface area contributed by atoms with Crippen LogP contribution in [0.1, 0.15) is 43.7 Å². The van der Waals surface area contributed by atoms with Gasteiger partial charge in [-0.15, -0.1) is 0 Å². The summed E-state index contributed by atoms with van der Waals surface area (Å²) in [5, 5.41) is 9.17. The van der Waals surface area contributed by atoms with Crippen molar-refractivity contribution in [3.8, 4) is 6.07 Å². The van der Waals surface area contributed by atoms with Crippen LogP contribution in [0.5, 0.6) is 0 Å². The third kappa shape index (κ3) is 2.04. The maximum absolute atomic E-state index is 9.17. The van der Waals surface area contributed by atoms with E-state index in [9.17, 15) is 0 Å². The maximum atomic E-state index is 9.17. The lowest BCUT2D eigenvalue weighted by atomic mass is 9.97. The summed E-state index contributed by atoms with van der Waals surface area (Å²) < 4.78 is 0. The molecule has 1 aromatic carbocycles. The number of anilines is 1. The summed E-state index contributed by atoms with van der Waals surface area (Å²) in [4.78, 5) is 2.37. The normalized spacial score (nSPS) is 15.5. The number of hydrogen-bond donors (Lipinski definition) is 0. The van der Waals surface area contributed by atoms with Gasteiger partial charge in [0.1, 0.15) is 0 Å². The lowest BCUT2D eigenvalue weighted by Crippen LogP contribution is -2.17. The Morgan fingerprint density at radius 2 is 1.94 bits per heavy atom. The average molecular weight is 214 g/mol. The largest absolute Gasteiger partial charge is 0.371 e. The highest BCUT2D eigenvalue weighted by Gasteiger charge is 2.14. The summed E-state index contributed by atoms with van der Waals surface area (Å²) >= 11 is 0. The first kappa shape index (κ1) is 11.0. The van der Waals surface area contributed by atoms with Crippen LogP contribution in [0.25, 0.3) is 0 Å². The van der Waals surface area contributed by atoms with Crippen LogP contribution >= 0.6 is 0 Å². The van der Waals surface area contributed by atoms with Crippen molar-refractivity contribution in [2.75, 3.05) is 18.0 Å². The Hall–Kier alpha value is -1.49. The van der Waals surface area contributed by atoms with Gasteiger partial charge in [-0.05, 0) is 36.5 Å². The van der Waals surface area contributed by atoms with Gasteiger partial charge in [-0.1, -0.05) is 19.9 Å². The SMILES string of the molecule is CC(C)c1ccc(N2CCCC2)cc1C#N. The zero-order chi connectivity index (χ0) is 11.5. The van der Waals surface area contributed by atoms with Gasteiger partial charge in [0.15, 0.2) is 0 Å². The molecule has 0 aromatic heterocycles. The minimum Gasteiger partial charge on any atom is -0.371 e. The smallest absolute Gasteiger partial charge is 0.0995 e. The molecule has 1 fully saturated rings. The fraction of sp³-hybridized carbons (Fsp3) is 0.500. The Balaban J connectivity index is 2.33. The first-order valence-electron chi connectivity index (χ1n) is 6.01. The molecule has 84 valence electrons. The van der Waals surface area contributed by atoms with Crippen LogP contribution in [0.3, 0.4) is 0 Å². The summed E-state index contributed by atoms with van der Waals surface area (Å²) in [6, 6.07) is 8.62. The number of rotatable bonds is 2. The molecule has 2 rings (SSSR count). The maximum Gasteiger partial charge on any atom is 0.0995 e. The second kappa shape index (κ2) is 4.57. The van der Waals surface area contributed by atoms with E-state index >= 15 is 0 Å². The highest BCUT2D eigenvalue weighted by molar-refractivity contribution is 5.55. The molecule has 1 aliphatic heterocycles. The van der Waals surface area contributed by atoms with Crippen molar-refractivity contribution in [3.63, 3.8) is 0 Å². The lowest BCUT2D eigenvalue weighted by Gasteiger charge is -2.19. The third-order valence-electron chi connectivity index (χ3n) is 3.25. The highest BCUT2D eigenvalue weighted by Crippen LogP contribution is 2.26. The van der Waals surface area contributed by atoms with Crippen LogP contribution in [0, 0.1) is 11.3 Å². The number of hydrogen-bond acceptors (Lipinski definition) is 2. The molecule has 0 spiro atoms. The summed E-state index contributed by atoms with van der Waals surface area (Å²) in [5.74, 6) is 0.419. The van der Waals surface area contributed by atoms with Gasteiger partial charge in [-0.25, -0.2) is 0 Å².